The van der Waals surface area contributed by atoms with Crippen LogP contribution in [0.25, 0.3) is 0 Å². The van der Waals surface area contributed by atoms with Gasteiger partial charge in [0.25, 0.3) is 10.0 Å². The zero-order chi connectivity index (χ0) is 15.3. The Morgan fingerprint density at radius 3 is 2.71 bits per heavy atom. The van der Waals surface area contributed by atoms with Crippen LogP contribution in [0, 0.1) is 0 Å². The predicted octanol–water partition coefficient (Wildman–Crippen LogP) is 1.90. The number of carbonyl (C=O) groups is 1. The van der Waals surface area contributed by atoms with E-state index in [1.165, 1.54) is 24.5 Å². The summed E-state index contributed by atoms with van der Waals surface area (Å²) in [5, 5.41) is 8.66. The van der Waals surface area contributed by atoms with Gasteiger partial charge in [0, 0.05) is 24.5 Å². The van der Waals surface area contributed by atoms with Crippen molar-refractivity contribution in [2.75, 3.05) is 4.72 Å². The molecule has 0 aliphatic rings. The molecule has 0 spiro atoms. The van der Waals surface area contributed by atoms with Gasteiger partial charge >= 0.3 is 5.97 Å². The molecule has 0 aliphatic carbocycles. The van der Waals surface area contributed by atoms with Crippen molar-refractivity contribution in [3.05, 3.63) is 54.4 Å². The molecule has 0 bridgehead atoms. The van der Waals surface area contributed by atoms with Gasteiger partial charge in [-0.1, -0.05) is 12.1 Å². The number of carboxylic acids is 1. The molecule has 0 saturated carbocycles. The van der Waals surface area contributed by atoms with Gasteiger partial charge in [-0.15, -0.1) is 0 Å². The summed E-state index contributed by atoms with van der Waals surface area (Å²) in [6, 6.07) is 9.65. The van der Waals surface area contributed by atoms with Crippen LogP contribution < -0.4 is 4.72 Å². The molecule has 1 heterocycles. The summed E-state index contributed by atoms with van der Waals surface area (Å²) < 4.78 is 26.7. The van der Waals surface area contributed by atoms with Crippen LogP contribution in [-0.4, -0.2) is 24.5 Å². The second-order valence-corrected chi connectivity index (χ2v) is 6.07. The van der Waals surface area contributed by atoms with Crippen LogP contribution in [0.5, 0.6) is 0 Å². The SMILES string of the molecule is O=C(O)CCc1cccc(NS(=O)(=O)c2cccnc2)c1. The fourth-order valence-electron chi connectivity index (χ4n) is 1.76. The molecule has 0 atom stereocenters. The summed E-state index contributed by atoms with van der Waals surface area (Å²) in [4.78, 5) is 14.4. The fraction of sp³-hybridized carbons (Fsp3) is 0.143. The number of nitrogens with zero attached hydrogens (tertiary/aromatic N) is 1. The van der Waals surface area contributed by atoms with Gasteiger partial charge in [-0.2, -0.15) is 0 Å². The summed E-state index contributed by atoms with van der Waals surface area (Å²) in [5.74, 6) is -0.892. The molecule has 0 fully saturated rings. The van der Waals surface area contributed by atoms with Gasteiger partial charge in [0.2, 0.25) is 0 Å². The largest absolute Gasteiger partial charge is 0.481 e. The van der Waals surface area contributed by atoms with Crippen LogP contribution in [0.2, 0.25) is 0 Å². The van der Waals surface area contributed by atoms with E-state index in [1.807, 2.05) is 0 Å². The Morgan fingerprint density at radius 2 is 2.05 bits per heavy atom. The van der Waals surface area contributed by atoms with Gasteiger partial charge < -0.3 is 5.11 Å². The summed E-state index contributed by atoms with van der Waals surface area (Å²) in [7, 11) is -3.69. The Kier molecular flexibility index (Phi) is 4.54. The highest BCUT2D eigenvalue weighted by molar-refractivity contribution is 7.92. The van der Waals surface area contributed by atoms with E-state index < -0.39 is 16.0 Å². The van der Waals surface area contributed by atoms with Crippen molar-refractivity contribution in [3.63, 3.8) is 0 Å². The molecule has 2 N–H and O–H groups in total. The Bertz CT molecular complexity index is 730. The van der Waals surface area contributed by atoms with Crippen molar-refractivity contribution in [1.82, 2.24) is 4.98 Å². The minimum absolute atomic E-state index is 0.00118. The third-order valence-electron chi connectivity index (χ3n) is 2.75. The molecule has 6 nitrogen and oxygen atoms in total. The van der Waals surface area contributed by atoms with Gasteiger partial charge in [0.1, 0.15) is 4.90 Å². The van der Waals surface area contributed by atoms with Gasteiger partial charge in [0.05, 0.1) is 0 Å². The molecular formula is C14H14N2O4S. The molecule has 2 rings (SSSR count). The first-order valence-electron chi connectivity index (χ1n) is 6.21. The Balaban J connectivity index is 2.16. The van der Waals surface area contributed by atoms with Crippen molar-refractivity contribution in [2.45, 2.75) is 17.7 Å². The average molecular weight is 306 g/mol. The first-order valence-corrected chi connectivity index (χ1v) is 7.69. The van der Waals surface area contributed by atoms with Crippen molar-refractivity contribution in [3.8, 4) is 0 Å². The monoisotopic (exact) mass is 306 g/mol. The van der Waals surface area contributed by atoms with Crippen molar-refractivity contribution < 1.29 is 18.3 Å². The highest BCUT2D eigenvalue weighted by atomic mass is 32.2. The van der Waals surface area contributed by atoms with Crippen LogP contribution in [0.15, 0.2) is 53.7 Å². The maximum atomic E-state index is 12.1. The first kappa shape index (κ1) is 15.0. The summed E-state index contributed by atoms with van der Waals surface area (Å²) >= 11 is 0. The average Bonchev–Trinajstić information content (AvgIpc) is 2.46. The van der Waals surface area contributed by atoms with Crippen molar-refractivity contribution in [2.24, 2.45) is 0 Å². The summed E-state index contributed by atoms with van der Waals surface area (Å²) in [6.07, 6.45) is 3.10. The quantitative estimate of drug-likeness (QED) is 0.849. The van der Waals surface area contributed by atoms with Crippen LogP contribution in [0.4, 0.5) is 5.69 Å². The second kappa shape index (κ2) is 6.36. The molecule has 0 saturated heterocycles. The topological polar surface area (TPSA) is 96.4 Å². The number of hydrogen-bond acceptors (Lipinski definition) is 4. The lowest BCUT2D eigenvalue weighted by atomic mass is 10.1. The number of sulfonamides is 1. The molecule has 7 heteroatoms. The van der Waals surface area contributed by atoms with Crippen LogP contribution in [0.1, 0.15) is 12.0 Å². The number of aryl methyl sites for hydroxylation is 1. The fourth-order valence-corrected chi connectivity index (χ4v) is 2.77. The highest BCUT2D eigenvalue weighted by Crippen LogP contribution is 2.17. The van der Waals surface area contributed by atoms with Gasteiger partial charge in [0.15, 0.2) is 0 Å². The molecule has 1 aromatic heterocycles. The number of pyridine rings is 1. The van der Waals surface area contributed by atoms with Gasteiger partial charge in [-0.25, -0.2) is 8.42 Å². The standard InChI is InChI=1S/C14H14N2O4S/c17-14(18)7-6-11-3-1-4-12(9-11)16-21(19,20)13-5-2-8-15-10-13/h1-5,8-10,16H,6-7H2,(H,17,18). The third kappa shape index (κ3) is 4.28. The summed E-state index contributed by atoms with van der Waals surface area (Å²) in [5.41, 5.74) is 1.14. The molecular weight excluding hydrogens is 292 g/mol. The molecule has 0 unspecified atom stereocenters. The van der Waals surface area contributed by atoms with Gasteiger partial charge in [-0.3, -0.25) is 14.5 Å². The smallest absolute Gasteiger partial charge is 0.303 e. The minimum Gasteiger partial charge on any atom is -0.481 e. The molecule has 1 aromatic carbocycles. The number of benzene rings is 1. The third-order valence-corrected chi connectivity index (χ3v) is 4.12. The lowest BCUT2D eigenvalue weighted by molar-refractivity contribution is -0.136. The molecule has 2 aromatic rings. The number of aromatic nitrogens is 1. The Labute approximate surface area is 122 Å². The zero-order valence-electron chi connectivity index (χ0n) is 11.1. The van der Waals surface area contributed by atoms with E-state index in [9.17, 15) is 13.2 Å². The normalized spacial score (nSPS) is 11.0. The van der Waals surface area contributed by atoms with E-state index in [-0.39, 0.29) is 11.3 Å². The number of anilines is 1. The first-order chi connectivity index (χ1) is 9.97. The molecule has 0 radical (unpaired) electrons. The number of aliphatic carboxylic acids is 1. The van der Waals surface area contributed by atoms with E-state index in [4.69, 9.17) is 5.11 Å². The van der Waals surface area contributed by atoms with Crippen molar-refractivity contribution >= 4 is 21.7 Å². The summed E-state index contributed by atoms with van der Waals surface area (Å²) in [6.45, 7) is 0. The lowest BCUT2D eigenvalue weighted by Gasteiger charge is -2.09. The maximum Gasteiger partial charge on any atom is 0.303 e. The van der Waals surface area contributed by atoms with E-state index in [0.717, 1.165) is 5.56 Å². The highest BCUT2D eigenvalue weighted by Gasteiger charge is 2.14. The lowest BCUT2D eigenvalue weighted by Crippen LogP contribution is -2.13. The Morgan fingerprint density at radius 1 is 1.24 bits per heavy atom. The Hall–Kier alpha value is -2.41. The van der Waals surface area contributed by atoms with Gasteiger partial charge in [-0.05, 0) is 36.2 Å². The van der Waals surface area contributed by atoms with E-state index in [0.29, 0.717) is 12.1 Å². The molecule has 0 aliphatic heterocycles. The van der Waals surface area contributed by atoms with Crippen LogP contribution in [-0.2, 0) is 21.2 Å². The number of rotatable bonds is 6. The van der Waals surface area contributed by atoms with E-state index >= 15 is 0 Å². The number of hydrogen-bond donors (Lipinski definition) is 2. The molecule has 110 valence electrons. The minimum atomic E-state index is -3.69. The zero-order valence-corrected chi connectivity index (χ0v) is 11.9. The van der Waals surface area contributed by atoms with E-state index in [2.05, 4.69) is 9.71 Å². The second-order valence-electron chi connectivity index (χ2n) is 4.39. The maximum absolute atomic E-state index is 12.1. The van der Waals surface area contributed by atoms with E-state index in [1.54, 1.807) is 24.3 Å². The predicted molar refractivity (Wildman–Crippen MR) is 77.4 cm³/mol. The number of carboxylic acid groups (broad SMARTS) is 1. The van der Waals surface area contributed by atoms with Crippen LogP contribution >= 0.6 is 0 Å². The molecule has 21 heavy (non-hydrogen) atoms. The molecule has 0 amide bonds. The van der Waals surface area contributed by atoms with Crippen molar-refractivity contribution in [1.29, 1.82) is 0 Å². The van der Waals surface area contributed by atoms with Crippen LogP contribution in [0.3, 0.4) is 0 Å². The number of nitrogens with one attached hydrogen (secondary N) is 1.